The Balaban J connectivity index is 1.64. The lowest BCUT2D eigenvalue weighted by molar-refractivity contribution is -0.141. The molecule has 106 valence electrons. The van der Waals surface area contributed by atoms with Crippen molar-refractivity contribution in [3.8, 4) is 0 Å². The topological polar surface area (TPSA) is 75.6 Å². The smallest absolute Gasteiger partial charge is 0.306 e. The summed E-state index contributed by atoms with van der Waals surface area (Å²) in [5, 5.41) is 11.9. The third kappa shape index (κ3) is 2.54. The van der Waals surface area contributed by atoms with E-state index in [0.717, 1.165) is 17.5 Å². The van der Waals surface area contributed by atoms with Crippen molar-refractivity contribution in [3.05, 3.63) is 34.9 Å². The Morgan fingerprint density at radius 1 is 1.20 bits per heavy atom. The van der Waals surface area contributed by atoms with Gasteiger partial charge in [-0.1, -0.05) is 6.07 Å². The summed E-state index contributed by atoms with van der Waals surface area (Å²) in [5.41, 5.74) is 2.81. The number of carbonyl (C=O) groups excluding carboxylic acids is 1. The highest BCUT2D eigenvalue weighted by Gasteiger charge is 2.30. The molecule has 1 saturated carbocycles. The Morgan fingerprint density at radius 3 is 2.75 bits per heavy atom. The van der Waals surface area contributed by atoms with E-state index < -0.39 is 5.97 Å². The van der Waals surface area contributed by atoms with Crippen molar-refractivity contribution in [3.63, 3.8) is 0 Å². The normalized spacial score (nSPS) is 24.4. The Kier molecular flexibility index (Phi) is 3.44. The molecule has 5 heteroatoms. The van der Waals surface area contributed by atoms with Crippen LogP contribution < -0.4 is 5.32 Å². The van der Waals surface area contributed by atoms with Gasteiger partial charge in [0.1, 0.15) is 0 Å². The van der Waals surface area contributed by atoms with Crippen LogP contribution in [-0.2, 0) is 22.7 Å². The minimum absolute atomic E-state index is 0.0342. The molecule has 1 fully saturated rings. The maximum Gasteiger partial charge on any atom is 0.306 e. The lowest BCUT2D eigenvalue weighted by Gasteiger charge is -2.13. The summed E-state index contributed by atoms with van der Waals surface area (Å²) in [6.07, 6.45) is 1.89. The number of amides is 1. The summed E-state index contributed by atoms with van der Waals surface area (Å²) in [7, 11) is 0. The Labute approximate surface area is 116 Å². The third-order valence-corrected chi connectivity index (χ3v) is 4.10. The number of nitrogens with one attached hydrogen (secondary N) is 1. The first-order valence-corrected chi connectivity index (χ1v) is 6.86. The van der Waals surface area contributed by atoms with Gasteiger partial charge in [-0.05, 0) is 42.5 Å². The number of rotatable bonds is 3. The van der Waals surface area contributed by atoms with Gasteiger partial charge in [0.05, 0.1) is 19.1 Å². The summed E-state index contributed by atoms with van der Waals surface area (Å²) in [6.45, 7) is 1.17. The van der Waals surface area contributed by atoms with E-state index >= 15 is 0 Å². The summed E-state index contributed by atoms with van der Waals surface area (Å²) < 4.78 is 5.33. The number of fused-ring (bicyclic) bond motifs is 1. The average Bonchev–Trinajstić information content (AvgIpc) is 3.05. The van der Waals surface area contributed by atoms with E-state index in [1.165, 1.54) is 0 Å². The molecule has 2 N–H and O–H groups in total. The average molecular weight is 275 g/mol. The highest BCUT2D eigenvalue weighted by atomic mass is 16.5. The molecule has 3 rings (SSSR count). The van der Waals surface area contributed by atoms with Crippen LogP contribution in [0.4, 0.5) is 0 Å². The van der Waals surface area contributed by atoms with E-state index in [1.54, 1.807) is 6.07 Å². The van der Waals surface area contributed by atoms with Gasteiger partial charge in [-0.15, -0.1) is 0 Å². The van der Waals surface area contributed by atoms with Crippen molar-refractivity contribution in [1.82, 2.24) is 5.32 Å². The molecule has 1 aliphatic heterocycles. The second-order valence-electron chi connectivity index (χ2n) is 5.49. The van der Waals surface area contributed by atoms with Crippen LogP contribution in [0.1, 0.15) is 40.7 Å². The van der Waals surface area contributed by atoms with E-state index in [-0.39, 0.29) is 17.9 Å². The monoisotopic (exact) mass is 275 g/mol. The molecule has 0 bridgehead atoms. The van der Waals surface area contributed by atoms with Crippen LogP contribution >= 0.6 is 0 Å². The van der Waals surface area contributed by atoms with Gasteiger partial charge in [-0.3, -0.25) is 9.59 Å². The zero-order valence-electron chi connectivity index (χ0n) is 11.1. The highest BCUT2D eigenvalue weighted by molar-refractivity contribution is 5.94. The van der Waals surface area contributed by atoms with Gasteiger partial charge in [0.2, 0.25) is 0 Å². The number of hydrogen-bond donors (Lipinski definition) is 2. The minimum atomic E-state index is -0.767. The minimum Gasteiger partial charge on any atom is -0.481 e. The van der Waals surface area contributed by atoms with Crippen LogP contribution in [-0.4, -0.2) is 23.0 Å². The van der Waals surface area contributed by atoms with Crippen molar-refractivity contribution in [2.24, 2.45) is 5.92 Å². The molecule has 1 heterocycles. The van der Waals surface area contributed by atoms with Crippen LogP contribution in [0.5, 0.6) is 0 Å². The number of aliphatic carboxylic acids is 1. The van der Waals surface area contributed by atoms with E-state index in [0.29, 0.717) is 31.6 Å². The second kappa shape index (κ2) is 5.25. The molecule has 2 aliphatic rings. The first-order valence-electron chi connectivity index (χ1n) is 6.86. The van der Waals surface area contributed by atoms with Crippen molar-refractivity contribution in [2.45, 2.75) is 38.5 Å². The zero-order valence-corrected chi connectivity index (χ0v) is 11.1. The fraction of sp³-hybridized carbons (Fsp3) is 0.467. The fourth-order valence-electron chi connectivity index (χ4n) is 2.92. The van der Waals surface area contributed by atoms with Crippen molar-refractivity contribution < 1.29 is 19.4 Å². The molecule has 0 saturated heterocycles. The second-order valence-corrected chi connectivity index (χ2v) is 5.49. The van der Waals surface area contributed by atoms with Gasteiger partial charge in [0.25, 0.3) is 5.91 Å². The van der Waals surface area contributed by atoms with Gasteiger partial charge in [0.15, 0.2) is 0 Å². The molecule has 20 heavy (non-hydrogen) atoms. The maximum absolute atomic E-state index is 12.2. The molecular weight excluding hydrogens is 258 g/mol. The van der Waals surface area contributed by atoms with Crippen LogP contribution in [0.2, 0.25) is 0 Å². The summed E-state index contributed by atoms with van der Waals surface area (Å²) in [5.74, 6) is -1.22. The molecule has 0 spiro atoms. The van der Waals surface area contributed by atoms with E-state index in [2.05, 4.69) is 5.32 Å². The Morgan fingerprint density at radius 2 is 2.00 bits per heavy atom. The molecule has 0 aromatic heterocycles. The van der Waals surface area contributed by atoms with Crippen LogP contribution in [0.3, 0.4) is 0 Å². The standard InChI is InChI=1S/C15H17NO4/c17-14(16-13-4-3-10(6-13)15(18)19)9-1-2-11-7-20-8-12(11)5-9/h1-2,5,10,13H,3-4,6-8H2,(H,16,17)(H,18,19)/t10-,13+/m0/s1. The maximum atomic E-state index is 12.2. The lowest BCUT2D eigenvalue weighted by Crippen LogP contribution is -2.33. The van der Waals surface area contributed by atoms with Crippen molar-refractivity contribution >= 4 is 11.9 Å². The molecule has 0 unspecified atom stereocenters. The van der Waals surface area contributed by atoms with Gasteiger partial charge in [0, 0.05) is 11.6 Å². The molecule has 5 nitrogen and oxygen atoms in total. The Hall–Kier alpha value is -1.88. The van der Waals surface area contributed by atoms with E-state index in [9.17, 15) is 9.59 Å². The van der Waals surface area contributed by atoms with Crippen LogP contribution in [0.25, 0.3) is 0 Å². The molecule has 1 amide bonds. The number of ether oxygens (including phenoxy) is 1. The first-order chi connectivity index (χ1) is 9.63. The summed E-state index contributed by atoms with van der Waals surface area (Å²) in [6, 6.07) is 5.55. The number of benzene rings is 1. The third-order valence-electron chi connectivity index (χ3n) is 4.10. The lowest BCUT2D eigenvalue weighted by atomic mass is 10.1. The number of carbonyl (C=O) groups is 2. The fourth-order valence-corrected chi connectivity index (χ4v) is 2.92. The molecular formula is C15H17NO4. The predicted molar refractivity (Wildman–Crippen MR) is 71.2 cm³/mol. The number of carboxylic acids is 1. The van der Waals surface area contributed by atoms with Crippen molar-refractivity contribution in [2.75, 3.05) is 0 Å². The SMILES string of the molecule is O=C(N[C@@H]1CC[C@H](C(=O)O)C1)c1ccc2c(c1)COC2. The Bertz CT molecular complexity index is 555. The molecule has 1 aliphatic carbocycles. The van der Waals surface area contributed by atoms with Crippen molar-refractivity contribution in [1.29, 1.82) is 0 Å². The number of carboxylic acid groups (broad SMARTS) is 1. The van der Waals surface area contributed by atoms with Gasteiger partial charge < -0.3 is 15.2 Å². The largest absolute Gasteiger partial charge is 0.481 e. The summed E-state index contributed by atoms with van der Waals surface area (Å²) in [4.78, 5) is 23.1. The van der Waals surface area contributed by atoms with Crippen LogP contribution in [0.15, 0.2) is 18.2 Å². The quantitative estimate of drug-likeness (QED) is 0.880. The predicted octanol–water partition coefficient (Wildman–Crippen LogP) is 1.70. The molecule has 1 aromatic carbocycles. The van der Waals surface area contributed by atoms with Gasteiger partial charge >= 0.3 is 5.97 Å². The van der Waals surface area contributed by atoms with E-state index in [4.69, 9.17) is 9.84 Å². The summed E-state index contributed by atoms with van der Waals surface area (Å²) >= 11 is 0. The van der Waals surface area contributed by atoms with Crippen LogP contribution in [0, 0.1) is 5.92 Å². The molecule has 1 aromatic rings. The number of hydrogen-bond acceptors (Lipinski definition) is 3. The molecule has 0 radical (unpaired) electrons. The molecule has 2 atom stereocenters. The van der Waals surface area contributed by atoms with Gasteiger partial charge in [-0.2, -0.15) is 0 Å². The zero-order chi connectivity index (χ0) is 14.1. The van der Waals surface area contributed by atoms with E-state index in [1.807, 2.05) is 12.1 Å². The van der Waals surface area contributed by atoms with Gasteiger partial charge in [-0.25, -0.2) is 0 Å². The highest BCUT2D eigenvalue weighted by Crippen LogP contribution is 2.26. The first kappa shape index (κ1) is 13.1.